The number of methoxy groups -OCH3 is 1. The predicted molar refractivity (Wildman–Crippen MR) is 53.2 cm³/mol. The molecule has 0 aromatic carbocycles. The van der Waals surface area contributed by atoms with E-state index in [4.69, 9.17) is 14.2 Å². The van der Waals surface area contributed by atoms with E-state index in [1.165, 1.54) is 7.11 Å². The Morgan fingerprint density at radius 3 is 2.94 bits per heavy atom. The Hall–Kier alpha value is -0.690. The summed E-state index contributed by atoms with van der Waals surface area (Å²) in [7, 11) is 1.29. The summed E-state index contributed by atoms with van der Waals surface area (Å²) in [6.45, 7) is 0.415. The Morgan fingerprint density at radius 1 is 1.47 bits per heavy atom. The lowest BCUT2D eigenvalue weighted by molar-refractivity contribution is -0.430. The van der Waals surface area contributed by atoms with Gasteiger partial charge in [0.05, 0.1) is 13.7 Å². The molecule has 0 amide bonds. The maximum atomic E-state index is 11.7. The van der Waals surface area contributed by atoms with Crippen molar-refractivity contribution in [3.63, 3.8) is 0 Å². The molecule has 96 valence electrons. The summed E-state index contributed by atoms with van der Waals surface area (Å²) in [4.78, 5) is 11.7. The van der Waals surface area contributed by atoms with Crippen LogP contribution in [-0.4, -0.2) is 42.2 Å². The fourth-order valence-corrected chi connectivity index (χ4v) is 3.59. The van der Waals surface area contributed by atoms with E-state index in [0.29, 0.717) is 6.61 Å². The third kappa shape index (κ3) is 1.45. The van der Waals surface area contributed by atoms with Crippen LogP contribution in [-0.2, 0) is 19.0 Å². The molecule has 2 saturated heterocycles. The smallest absolute Gasteiger partial charge is 0.314 e. The summed E-state index contributed by atoms with van der Waals surface area (Å²) in [5.74, 6) is -3.12. The van der Waals surface area contributed by atoms with Crippen molar-refractivity contribution in [1.82, 2.24) is 0 Å². The van der Waals surface area contributed by atoms with Gasteiger partial charge in [0.25, 0.3) is 5.97 Å². The summed E-state index contributed by atoms with van der Waals surface area (Å²) in [6.07, 6.45) is 0.285. The Bertz CT molecular complexity index is 345. The highest BCUT2D eigenvalue weighted by molar-refractivity contribution is 5.73. The number of hydrogen-bond donors (Lipinski definition) is 2. The molecule has 2 N–H and O–H groups in total. The highest BCUT2D eigenvalue weighted by Crippen LogP contribution is 2.56. The average molecular weight is 244 g/mol. The first-order valence-electron chi connectivity index (χ1n) is 5.87. The van der Waals surface area contributed by atoms with Gasteiger partial charge in [-0.05, 0) is 24.7 Å². The fraction of sp³-hybridized carbons (Fsp3) is 0.909. The van der Waals surface area contributed by atoms with E-state index in [1.54, 1.807) is 0 Å². The second-order valence-corrected chi connectivity index (χ2v) is 5.03. The number of carbonyl (C=O) groups excluding carboxylic acids is 1. The molecule has 1 aliphatic carbocycles. The molecule has 3 rings (SSSR count). The minimum Gasteiger partial charge on any atom is -0.469 e. The summed E-state index contributed by atoms with van der Waals surface area (Å²) in [6, 6.07) is 0. The topological polar surface area (TPSA) is 85.2 Å². The minimum absolute atomic E-state index is 0.135. The summed E-state index contributed by atoms with van der Waals surface area (Å²) in [5, 5.41) is 20.0. The molecule has 6 unspecified atom stereocenters. The molecule has 2 aliphatic heterocycles. The SMILES string of the molecule is COC(=O)C1C(O)OC2(O)OCC3CCC1C32. The molecule has 6 heteroatoms. The van der Waals surface area contributed by atoms with Crippen LogP contribution in [0.4, 0.5) is 0 Å². The van der Waals surface area contributed by atoms with Gasteiger partial charge in [0.2, 0.25) is 0 Å². The van der Waals surface area contributed by atoms with Crippen molar-refractivity contribution in [1.29, 1.82) is 0 Å². The normalized spacial score (nSPS) is 52.3. The first-order valence-corrected chi connectivity index (χ1v) is 5.87. The van der Waals surface area contributed by atoms with Crippen molar-refractivity contribution in [3.8, 4) is 0 Å². The van der Waals surface area contributed by atoms with Crippen molar-refractivity contribution in [2.75, 3.05) is 13.7 Å². The van der Waals surface area contributed by atoms with Crippen molar-refractivity contribution >= 4 is 5.97 Å². The lowest BCUT2D eigenvalue weighted by Crippen LogP contribution is -2.56. The van der Waals surface area contributed by atoms with Gasteiger partial charge in [-0.15, -0.1) is 0 Å². The number of carbonyl (C=O) groups is 1. The summed E-state index contributed by atoms with van der Waals surface area (Å²) < 4.78 is 15.0. The third-order valence-electron chi connectivity index (χ3n) is 4.30. The van der Waals surface area contributed by atoms with Crippen LogP contribution in [0.5, 0.6) is 0 Å². The van der Waals surface area contributed by atoms with Gasteiger partial charge in [0.15, 0.2) is 6.29 Å². The van der Waals surface area contributed by atoms with Crippen LogP contribution in [0.15, 0.2) is 0 Å². The van der Waals surface area contributed by atoms with E-state index in [2.05, 4.69) is 0 Å². The van der Waals surface area contributed by atoms with E-state index in [9.17, 15) is 15.0 Å². The molecule has 3 fully saturated rings. The van der Waals surface area contributed by atoms with Gasteiger partial charge < -0.3 is 19.7 Å². The van der Waals surface area contributed by atoms with Crippen LogP contribution in [0.1, 0.15) is 12.8 Å². The van der Waals surface area contributed by atoms with E-state index in [0.717, 1.165) is 12.8 Å². The number of ether oxygens (including phenoxy) is 3. The fourth-order valence-electron chi connectivity index (χ4n) is 3.59. The van der Waals surface area contributed by atoms with Crippen LogP contribution in [0, 0.1) is 23.7 Å². The number of hydrogen-bond acceptors (Lipinski definition) is 6. The minimum atomic E-state index is -1.73. The van der Waals surface area contributed by atoms with Crippen molar-refractivity contribution < 1.29 is 29.2 Å². The van der Waals surface area contributed by atoms with E-state index in [1.807, 2.05) is 0 Å². The van der Waals surface area contributed by atoms with Gasteiger partial charge in [0, 0.05) is 5.92 Å². The van der Waals surface area contributed by atoms with E-state index >= 15 is 0 Å². The molecule has 1 saturated carbocycles. The van der Waals surface area contributed by atoms with Gasteiger partial charge in [-0.3, -0.25) is 9.53 Å². The number of rotatable bonds is 1. The quantitative estimate of drug-likeness (QED) is 0.602. The van der Waals surface area contributed by atoms with E-state index < -0.39 is 24.2 Å². The first kappa shape index (κ1) is 11.4. The third-order valence-corrected chi connectivity index (χ3v) is 4.30. The monoisotopic (exact) mass is 244 g/mol. The molecule has 6 atom stereocenters. The average Bonchev–Trinajstić information content (AvgIpc) is 2.83. The molecule has 0 aromatic heterocycles. The van der Waals surface area contributed by atoms with Gasteiger partial charge >= 0.3 is 5.97 Å². The standard InChI is InChI=1S/C11H16O6/c1-15-9(12)7-6-3-2-5-4-16-11(14,8(5)6)17-10(7)13/h5-8,10,13-14H,2-4H2,1H3. The summed E-state index contributed by atoms with van der Waals surface area (Å²) in [5.41, 5.74) is 0. The summed E-state index contributed by atoms with van der Waals surface area (Å²) >= 11 is 0. The number of aliphatic hydroxyl groups excluding tert-OH is 1. The van der Waals surface area contributed by atoms with Gasteiger partial charge in [0.1, 0.15) is 5.92 Å². The van der Waals surface area contributed by atoms with Crippen LogP contribution >= 0.6 is 0 Å². The van der Waals surface area contributed by atoms with Crippen molar-refractivity contribution in [2.24, 2.45) is 23.7 Å². The second-order valence-electron chi connectivity index (χ2n) is 5.03. The van der Waals surface area contributed by atoms with Crippen LogP contribution < -0.4 is 0 Å². The zero-order valence-corrected chi connectivity index (χ0v) is 9.54. The highest BCUT2D eigenvalue weighted by atomic mass is 16.9. The molecule has 6 nitrogen and oxygen atoms in total. The van der Waals surface area contributed by atoms with E-state index in [-0.39, 0.29) is 17.8 Å². The lowest BCUT2D eigenvalue weighted by atomic mass is 9.78. The molecular formula is C11H16O6. The molecular weight excluding hydrogens is 228 g/mol. The maximum Gasteiger partial charge on any atom is 0.314 e. The van der Waals surface area contributed by atoms with Gasteiger partial charge in [-0.1, -0.05) is 0 Å². The zero-order chi connectivity index (χ0) is 12.2. The zero-order valence-electron chi connectivity index (χ0n) is 9.54. The van der Waals surface area contributed by atoms with Crippen molar-refractivity contribution in [3.05, 3.63) is 0 Å². The molecule has 0 bridgehead atoms. The Labute approximate surface area is 98.5 Å². The maximum absolute atomic E-state index is 11.7. The van der Waals surface area contributed by atoms with Gasteiger partial charge in [-0.25, -0.2) is 0 Å². The Kier molecular flexibility index (Phi) is 2.45. The molecule has 0 radical (unpaired) electrons. The highest BCUT2D eigenvalue weighted by Gasteiger charge is 2.65. The van der Waals surface area contributed by atoms with Gasteiger partial charge in [-0.2, -0.15) is 0 Å². The number of esters is 1. The van der Waals surface area contributed by atoms with Crippen LogP contribution in [0.25, 0.3) is 0 Å². The predicted octanol–water partition coefficient (Wildman–Crippen LogP) is -0.557. The molecule has 0 aromatic rings. The lowest BCUT2D eigenvalue weighted by Gasteiger charge is -2.42. The Morgan fingerprint density at radius 2 is 2.24 bits per heavy atom. The molecule has 2 heterocycles. The second kappa shape index (κ2) is 3.65. The largest absolute Gasteiger partial charge is 0.469 e. The molecule has 17 heavy (non-hydrogen) atoms. The molecule has 3 aliphatic rings. The first-order chi connectivity index (χ1) is 8.07. The Balaban J connectivity index is 1.93. The van der Waals surface area contributed by atoms with Crippen molar-refractivity contribution in [2.45, 2.75) is 25.1 Å². The van der Waals surface area contributed by atoms with Crippen LogP contribution in [0.3, 0.4) is 0 Å². The number of aliphatic hydroxyl groups is 2. The molecule has 0 spiro atoms. The van der Waals surface area contributed by atoms with Crippen LogP contribution in [0.2, 0.25) is 0 Å².